The van der Waals surface area contributed by atoms with E-state index in [1.165, 1.54) is 12.8 Å². The lowest BCUT2D eigenvalue weighted by atomic mass is 10.1. The number of Topliss-reactive ketones (excluding diaryl/α,β-unsaturated/α-hetero) is 1. The minimum atomic E-state index is 0.0370. The van der Waals surface area contributed by atoms with Gasteiger partial charge in [0.2, 0.25) is 0 Å². The SMILES string of the molecule is CCCCSC(C)C(=O)c1ccc(OC)cc1. The molecule has 1 aromatic rings. The third kappa shape index (κ3) is 4.43. The van der Waals surface area contributed by atoms with Gasteiger partial charge in [0.25, 0.3) is 0 Å². The normalized spacial score (nSPS) is 12.2. The molecule has 0 fully saturated rings. The van der Waals surface area contributed by atoms with Gasteiger partial charge in [0, 0.05) is 5.56 Å². The topological polar surface area (TPSA) is 26.3 Å². The maximum atomic E-state index is 12.1. The van der Waals surface area contributed by atoms with Crippen molar-refractivity contribution in [1.29, 1.82) is 0 Å². The first-order chi connectivity index (χ1) is 8.19. The van der Waals surface area contributed by atoms with Gasteiger partial charge < -0.3 is 4.74 Å². The number of carbonyl (C=O) groups is 1. The Balaban J connectivity index is 2.55. The molecule has 1 unspecified atom stereocenters. The summed E-state index contributed by atoms with van der Waals surface area (Å²) in [6, 6.07) is 7.32. The molecule has 0 heterocycles. The molecule has 0 saturated heterocycles. The monoisotopic (exact) mass is 252 g/mol. The van der Waals surface area contributed by atoms with E-state index in [2.05, 4.69) is 6.92 Å². The zero-order chi connectivity index (χ0) is 12.7. The summed E-state index contributed by atoms with van der Waals surface area (Å²) in [5.74, 6) is 2.04. The molecular weight excluding hydrogens is 232 g/mol. The van der Waals surface area contributed by atoms with Crippen LogP contribution in [0.2, 0.25) is 0 Å². The highest BCUT2D eigenvalue weighted by atomic mass is 32.2. The number of thioether (sulfide) groups is 1. The first kappa shape index (κ1) is 14.1. The van der Waals surface area contributed by atoms with Gasteiger partial charge in [0.15, 0.2) is 5.78 Å². The molecule has 0 aliphatic heterocycles. The molecule has 0 aliphatic carbocycles. The van der Waals surface area contributed by atoms with Crippen LogP contribution in [0.5, 0.6) is 5.75 Å². The van der Waals surface area contributed by atoms with E-state index in [0.29, 0.717) is 0 Å². The Bertz CT molecular complexity index is 346. The predicted molar refractivity (Wildman–Crippen MR) is 74.2 cm³/mol. The first-order valence-corrected chi connectivity index (χ1v) is 7.03. The zero-order valence-corrected chi connectivity index (χ0v) is 11.5. The van der Waals surface area contributed by atoms with Crippen molar-refractivity contribution in [2.45, 2.75) is 31.9 Å². The van der Waals surface area contributed by atoms with Gasteiger partial charge in [-0.3, -0.25) is 4.79 Å². The van der Waals surface area contributed by atoms with Crippen molar-refractivity contribution in [1.82, 2.24) is 0 Å². The fourth-order valence-electron chi connectivity index (χ4n) is 1.47. The lowest BCUT2D eigenvalue weighted by Gasteiger charge is -2.10. The smallest absolute Gasteiger partial charge is 0.175 e. The van der Waals surface area contributed by atoms with Gasteiger partial charge in [0.05, 0.1) is 12.4 Å². The molecule has 3 heteroatoms. The van der Waals surface area contributed by atoms with E-state index >= 15 is 0 Å². The Morgan fingerprint density at radius 3 is 2.53 bits per heavy atom. The van der Waals surface area contributed by atoms with Crippen LogP contribution in [-0.2, 0) is 0 Å². The van der Waals surface area contributed by atoms with Crippen molar-refractivity contribution in [3.63, 3.8) is 0 Å². The van der Waals surface area contributed by atoms with Gasteiger partial charge >= 0.3 is 0 Å². The van der Waals surface area contributed by atoms with Crippen molar-refractivity contribution < 1.29 is 9.53 Å². The second kappa shape index (κ2) is 7.38. The number of unbranched alkanes of at least 4 members (excludes halogenated alkanes) is 1. The standard InChI is InChI=1S/C14H20O2S/c1-4-5-10-17-11(2)14(15)12-6-8-13(16-3)9-7-12/h6-9,11H,4-5,10H2,1-3H3. The molecule has 0 saturated carbocycles. The number of benzene rings is 1. The minimum absolute atomic E-state index is 0.0370. The van der Waals surface area contributed by atoms with Gasteiger partial charge in [-0.05, 0) is 43.4 Å². The molecule has 0 amide bonds. The highest BCUT2D eigenvalue weighted by molar-refractivity contribution is 8.00. The van der Waals surface area contributed by atoms with Crippen LogP contribution in [-0.4, -0.2) is 23.9 Å². The summed E-state index contributed by atoms with van der Waals surface area (Å²) >= 11 is 1.73. The summed E-state index contributed by atoms with van der Waals surface area (Å²) in [5.41, 5.74) is 0.766. The number of ether oxygens (including phenoxy) is 1. The summed E-state index contributed by atoms with van der Waals surface area (Å²) in [4.78, 5) is 12.1. The lowest BCUT2D eigenvalue weighted by molar-refractivity contribution is 0.0994. The van der Waals surface area contributed by atoms with Crippen molar-refractivity contribution in [2.24, 2.45) is 0 Å². The quantitative estimate of drug-likeness (QED) is 0.545. The molecule has 0 radical (unpaired) electrons. The van der Waals surface area contributed by atoms with Crippen LogP contribution in [0, 0.1) is 0 Å². The lowest BCUT2D eigenvalue weighted by Crippen LogP contribution is -2.14. The second-order valence-electron chi connectivity index (χ2n) is 3.96. The largest absolute Gasteiger partial charge is 0.497 e. The Morgan fingerprint density at radius 2 is 2.00 bits per heavy atom. The maximum Gasteiger partial charge on any atom is 0.175 e. The molecule has 2 nitrogen and oxygen atoms in total. The predicted octanol–water partition coefficient (Wildman–Crippen LogP) is 3.80. The maximum absolute atomic E-state index is 12.1. The van der Waals surface area contributed by atoms with E-state index < -0.39 is 0 Å². The van der Waals surface area contributed by atoms with Crippen molar-refractivity contribution in [2.75, 3.05) is 12.9 Å². The molecule has 0 spiro atoms. The number of carbonyl (C=O) groups excluding carboxylic acids is 1. The van der Waals surface area contributed by atoms with Crippen molar-refractivity contribution >= 4 is 17.5 Å². The minimum Gasteiger partial charge on any atom is -0.497 e. The molecule has 0 aliphatic rings. The van der Waals surface area contributed by atoms with Crippen LogP contribution in [0.25, 0.3) is 0 Å². The summed E-state index contributed by atoms with van der Waals surface area (Å²) in [6.07, 6.45) is 2.35. The molecule has 17 heavy (non-hydrogen) atoms. The van der Waals surface area contributed by atoms with E-state index in [1.54, 1.807) is 18.9 Å². The molecular formula is C14H20O2S. The van der Waals surface area contributed by atoms with Crippen molar-refractivity contribution in [3.05, 3.63) is 29.8 Å². The summed E-state index contributed by atoms with van der Waals surface area (Å²) < 4.78 is 5.07. The number of ketones is 1. The summed E-state index contributed by atoms with van der Waals surface area (Å²) in [7, 11) is 1.63. The number of rotatable bonds is 7. The van der Waals surface area contributed by atoms with Crippen LogP contribution < -0.4 is 4.74 Å². The van der Waals surface area contributed by atoms with Gasteiger partial charge in [-0.25, -0.2) is 0 Å². The summed E-state index contributed by atoms with van der Waals surface area (Å²) in [6.45, 7) is 4.14. The third-order valence-electron chi connectivity index (χ3n) is 2.61. The van der Waals surface area contributed by atoms with Crippen LogP contribution >= 0.6 is 11.8 Å². The number of hydrogen-bond donors (Lipinski definition) is 0. The van der Waals surface area contributed by atoms with Gasteiger partial charge in [-0.1, -0.05) is 13.3 Å². The third-order valence-corrected chi connectivity index (χ3v) is 3.85. The van der Waals surface area contributed by atoms with Gasteiger partial charge in [-0.15, -0.1) is 0 Å². The van der Waals surface area contributed by atoms with Crippen molar-refractivity contribution in [3.8, 4) is 5.75 Å². The Kier molecular flexibility index (Phi) is 6.12. The van der Waals surface area contributed by atoms with Gasteiger partial charge in [0.1, 0.15) is 5.75 Å². The Morgan fingerprint density at radius 1 is 1.35 bits per heavy atom. The second-order valence-corrected chi connectivity index (χ2v) is 5.41. The fraction of sp³-hybridized carbons (Fsp3) is 0.500. The summed E-state index contributed by atoms with van der Waals surface area (Å²) in [5, 5.41) is 0.0370. The van der Waals surface area contributed by atoms with Crippen LogP contribution in [0.3, 0.4) is 0 Å². The van der Waals surface area contributed by atoms with Crippen LogP contribution in [0.1, 0.15) is 37.0 Å². The molecule has 0 N–H and O–H groups in total. The van der Waals surface area contributed by atoms with Crippen LogP contribution in [0.4, 0.5) is 0 Å². The van der Waals surface area contributed by atoms with E-state index in [9.17, 15) is 4.79 Å². The Labute approximate surface area is 108 Å². The van der Waals surface area contributed by atoms with Gasteiger partial charge in [-0.2, -0.15) is 11.8 Å². The van der Waals surface area contributed by atoms with Crippen LogP contribution in [0.15, 0.2) is 24.3 Å². The molecule has 1 rings (SSSR count). The Hall–Kier alpha value is -0.960. The number of hydrogen-bond acceptors (Lipinski definition) is 3. The van der Waals surface area contributed by atoms with E-state index in [0.717, 1.165) is 17.1 Å². The molecule has 0 aromatic heterocycles. The molecule has 0 bridgehead atoms. The molecule has 94 valence electrons. The van der Waals surface area contributed by atoms with E-state index in [1.807, 2.05) is 31.2 Å². The highest BCUT2D eigenvalue weighted by Gasteiger charge is 2.15. The zero-order valence-electron chi connectivity index (χ0n) is 10.7. The molecule has 1 atom stereocenters. The fourth-order valence-corrected chi connectivity index (χ4v) is 2.57. The molecule has 1 aromatic carbocycles. The number of methoxy groups -OCH3 is 1. The highest BCUT2D eigenvalue weighted by Crippen LogP contribution is 2.19. The van der Waals surface area contributed by atoms with E-state index in [4.69, 9.17) is 4.74 Å². The first-order valence-electron chi connectivity index (χ1n) is 5.99. The average molecular weight is 252 g/mol. The average Bonchev–Trinajstić information content (AvgIpc) is 2.38. The van der Waals surface area contributed by atoms with E-state index in [-0.39, 0.29) is 11.0 Å².